The molecule has 8 nitrogen and oxygen atoms in total. The Morgan fingerprint density at radius 2 is 2.21 bits per heavy atom. The minimum Gasteiger partial charge on any atom is -0.462 e. The SMILES string of the molecule is C[C@]12COC(N)=N[C@@]1(c1cc(NC(=O)c3ccc(C#N)cn3)ccc1F)CCO2. The molecule has 0 unspecified atom stereocenters. The largest absolute Gasteiger partial charge is 0.462 e. The molecule has 0 radical (unpaired) electrons. The Morgan fingerprint density at radius 1 is 1.38 bits per heavy atom. The average Bonchev–Trinajstić information content (AvgIpc) is 3.06. The number of nitrogens with zero attached hydrogens (tertiary/aromatic N) is 3. The Balaban J connectivity index is 1.68. The molecular formula is C20H18FN5O3. The fourth-order valence-electron chi connectivity index (χ4n) is 3.76. The van der Waals surface area contributed by atoms with E-state index in [1.54, 1.807) is 6.92 Å². The number of anilines is 1. The molecule has 29 heavy (non-hydrogen) atoms. The molecule has 1 saturated heterocycles. The topological polar surface area (TPSA) is 123 Å². The van der Waals surface area contributed by atoms with Crippen LogP contribution in [0.1, 0.15) is 35.0 Å². The zero-order valence-electron chi connectivity index (χ0n) is 15.6. The van der Waals surface area contributed by atoms with Crippen LogP contribution in [0.5, 0.6) is 0 Å². The summed E-state index contributed by atoms with van der Waals surface area (Å²) in [6.45, 7) is 2.33. The number of nitrogens with one attached hydrogen (secondary N) is 1. The van der Waals surface area contributed by atoms with Crippen LogP contribution in [0.25, 0.3) is 0 Å². The molecule has 2 aromatic rings. The summed E-state index contributed by atoms with van der Waals surface area (Å²) >= 11 is 0. The van der Waals surface area contributed by atoms with Crippen LogP contribution in [-0.2, 0) is 15.0 Å². The zero-order chi connectivity index (χ0) is 20.6. The Labute approximate surface area is 166 Å². The van der Waals surface area contributed by atoms with E-state index in [1.165, 1.54) is 36.5 Å². The van der Waals surface area contributed by atoms with Crippen LogP contribution >= 0.6 is 0 Å². The van der Waals surface area contributed by atoms with Crippen LogP contribution in [0.4, 0.5) is 10.1 Å². The Kier molecular flexibility index (Phi) is 4.43. The van der Waals surface area contributed by atoms with Crippen molar-refractivity contribution in [2.45, 2.75) is 24.5 Å². The fourth-order valence-corrected chi connectivity index (χ4v) is 3.76. The molecule has 2 aliphatic heterocycles. The lowest BCUT2D eigenvalue weighted by molar-refractivity contribution is -0.0654. The number of carbonyl (C=O) groups is 1. The van der Waals surface area contributed by atoms with E-state index in [0.717, 1.165) is 0 Å². The summed E-state index contributed by atoms with van der Waals surface area (Å²) in [6, 6.07) is 9.12. The molecule has 0 spiro atoms. The first-order chi connectivity index (χ1) is 13.9. The Morgan fingerprint density at radius 3 is 2.93 bits per heavy atom. The first-order valence-corrected chi connectivity index (χ1v) is 8.96. The first-order valence-electron chi connectivity index (χ1n) is 8.96. The minimum atomic E-state index is -1.05. The summed E-state index contributed by atoms with van der Waals surface area (Å²) in [4.78, 5) is 20.9. The van der Waals surface area contributed by atoms with E-state index in [-0.39, 0.29) is 23.9 Å². The van der Waals surface area contributed by atoms with Gasteiger partial charge >= 0.3 is 0 Å². The van der Waals surface area contributed by atoms with Gasteiger partial charge in [-0.3, -0.25) is 4.79 Å². The number of nitriles is 1. The molecule has 1 aromatic carbocycles. The van der Waals surface area contributed by atoms with Crippen LogP contribution in [0.2, 0.25) is 0 Å². The standard InChI is InChI=1S/C20H18FN5O3/c1-19-11-28-18(23)26-20(19,6-7-29-19)14-8-13(3-4-15(14)21)25-17(27)16-5-2-12(9-22)10-24-16/h2-5,8,10H,6-7,11H2,1H3,(H2,23,26)(H,25,27)/t19-,20+/m0/s1. The highest BCUT2D eigenvalue weighted by Crippen LogP contribution is 2.50. The Hall–Kier alpha value is -3.51. The van der Waals surface area contributed by atoms with Gasteiger partial charge in [-0.05, 0) is 37.3 Å². The number of amides is 1. The zero-order valence-corrected chi connectivity index (χ0v) is 15.6. The summed E-state index contributed by atoms with van der Waals surface area (Å²) in [5.41, 5.74) is 4.99. The second kappa shape index (κ2) is 6.83. The van der Waals surface area contributed by atoms with Gasteiger partial charge in [-0.25, -0.2) is 14.4 Å². The van der Waals surface area contributed by atoms with Crippen molar-refractivity contribution in [3.63, 3.8) is 0 Å². The van der Waals surface area contributed by atoms with E-state index in [0.29, 0.717) is 24.3 Å². The molecule has 3 N–H and O–H groups in total. The Bertz CT molecular complexity index is 1050. The van der Waals surface area contributed by atoms with E-state index in [2.05, 4.69) is 15.3 Å². The molecule has 2 atom stereocenters. The molecular weight excluding hydrogens is 377 g/mol. The van der Waals surface area contributed by atoms with Gasteiger partial charge in [-0.1, -0.05) is 0 Å². The average molecular weight is 395 g/mol. The van der Waals surface area contributed by atoms with Crippen LogP contribution < -0.4 is 11.1 Å². The van der Waals surface area contributed by atoms with Crippen molar-refractivity contribution in [1.29, 1.82) is 5.26 Å². The number of hydrogen-bond acceptors (Lipinski definition) is 7. The molecule has 1 amide bonds. The summed E-state index contributed by atoms with van der Waals surface area (Å²) in [5, 5.41) is 11.5. The third kappa shape index (κ3) is 3.07. The molecule has 3 heterocycles. The van der Waals surface area contributed by atoms with E-state index in [4.69, 9.17) is 20.5 Å². The van der Waals surface area contributed by atoms with E-state index < -0.39 is 22.9 Å². The highest BCUT2D eigenvalue weighted by atomic mass is 19.1. The second-order valence-corrected chi connectivity index (χ2v) is 7.12. The van der Waals surface area contributed by atoms with Crippen LogP contribution in [0, 0.1) is 17.1 Å². The van der Waals surface area contributed by atoms with Crippen molar-refractivity contribution < 1.29 is 18.7 Å². The number of benzene rings is 1. The molecule has 148 valence electrons. The lowest BCUT2D eigenvalue weighted by atomic mass is 9.75. The fraction of sp³-hybridized carbons (Fsp3) is 0.300. The van der Waals surface area contributed by atoms with Gasteiger partial charge in [-0.2, -0.15) is 5.26 Å². The number of ether oxygens (including phenoxy) is 2. The number of pyridine rings is 1. The normalized spacial score (nSPS) is 25.3. The summed E-state index contributed by atoms with van der Waals surface area (Å²) in [7, 11) is 0. The van der Waals surface area contributed by atoms with Gasteiger partial charge in [-0.15, -0.1) is 0 Å². The second-order valence-electron chi connectivity index (χ2n) is 7.12. The van der Waals surface area contributed by atoms with Gasteiger partial charge in [0.05, 0.1) is 12.2 Å². The monoisotopic (exact) mass is 395 g/mol. The summed E-state index contributed by atoms with van der Waals surface area (Å²) in [5.74, 6) is -0.959. The third-order valence-corrected chi connectivity index (χ3v) is 5.35. The number of amidine groups is 1. The van der Waals surface area contributed by atoms with Crippen LogP contribution in [0.15, 0.2) is 41.5 Å². The van der Waals surface area contributed by atoms with Crippen molar-refractivity contribution >= 4 is 17.6 Å². The number of aromatic nitrogens is 1. The third-order valence-electron chi connectivity index (χ3n) is 5.35. The van der Waals surface area contributed by atoms with Crippen molar-refractivity contribution in [3.05, 3.63) is 59.2 Å². The van der Waals surface area contributed by atoms with E-state index in [9.17, 15) is 9.18 Å². The highest BCUT2D eigenvalue weighted by Gasteiger charge is 2.58. The van der Waals surface area contributed by atoms with Crippen molar-refractivity contribution in [3.8, 4) is 6.07 Å². The van der Waals surface area contributed by atoms with Crippen LogP contribution in [-0.4, -0.2) is 35.7 Å². The lowest BCUT2D eigenvalue weighted by Crippen LogP contribution is -2.54. The number of nitrogens with two attached hydrogens (primary N) is 1. The number of aliphatic imine (C=N–C) groups is 1. The molecule has 0 aliphatic carbocycles. The molecule has 1 fully saturated rings. The molecule has 2 aliphatic rings. The number of fused-ring (bicyclic) bond motifs is 1. The summed E-state index contributed by atoms with van der Waals surface area (Å²) < 4.78 is 26.0. The first kappa shape index (κ1) is 18.8. The van der Waals surface area contributed by atoms with Gasteiger partial charge in [0.25, 0.3) is 11.9 Å². The maximum atomic E-state index is 14.9. The smallest absolute Gasteiger partial charge is 0.283 e. The van der Waals surface area contributed by atoms with Crippen molar-refractivity contribution in [2.24, 2.45) is 10.7 Å². The quantitative estimate of drug-likeness (QED) is 0.820. The highest BCUT2D eigenvalue weighted by molar-refractivity contribution is 6.02. The van der Waals surface area contributed by atoms with Gasteiger partial charge in [0.15, 0.2) is 0 Å². The molecule has 1 aromatic heterocycles. The van der Waals surface area contributed by atoms with E-state index in [1.807, 2.05) is 6.07 Å². The molecule has 0 saturated carbocycles. The van der Waals surface area contributed by atoms with Crippen LogP contribution in [0.3, 0.4) is 0 Å². The van der Waals surface area contributed by atoms with Gasteiger partial charge in [0.1, 0.15) is 35.3 Å². The number of carbonyl (C=O) groups excluding carboxylic acids is 1. The van der Waals surface area contributed by atoms with Crippen molar-refractivity contribution in [1.82, 2.24) is 4.98 Å². The van der Waals surface area contributed by atoms with Gasteiger partial charge in [0, 0.05) is 23.9 Å². The predicted octanol–water partition coefficient (Wildman–Crippen LogP) is 2.06. The summed E-state index contributed by atoms with van der Waals surface area (Å²) in [6.07, 6.45) is 1.74. The molecule has 0 bridgehead atoms. The van der Waals surface area contributed by atoms with Gasteiger partial charge in [0.2, 0.25) is 0 Å². The minimum absolute atomic E-state index is 0.0244. The maximum absolute atomic E-state index is 14.9. The molecule has 9 heteroatoms. The van der Waals surface area contributed by atoms with Gasteiger partial charge < -0.3 is 20.5 Å². The number of halogens is 1. The van der Waals surface area contributed by atoms with Crippen molar-refractivity contribution in [2.75, 3.05) is 18.5 Å². The molecule has 4 rings (SSSR count). The lowest BCUT2D eigenvalue weighted by Gasteiger charge is -2.42. The number of rotatable bonds is 3. The number of hydrogen-bond donors (Lipinski definition) is 2. The van der Waals surface area contributed by atoms with E-state index >= 15 is 0 Å². The maximum Gasteiger partial charge on any atom is 0.283 e. The predicted molar refractivity (Wildman–Crippen MR) is 102 cm³/mol.